The molecule has 4 nitrogen and oxygen atoms in total. The van der Waals surface area contributed by atoms with Gasteiger partial charge in [0.15, 0.2) is 0 Å². The summed E-state index contributed by atoms with van der Waals surface area (Å²) in [6, 6.07) is 17.6. The number of unbranched alkanes of at least 4 members (excludes halogenated alkanes) is 1. The van der Waals surface area contributed by atoms with E-state index in [2.05, 4.69) is 49.4 Å². The standard InChI is InChI=1S/C22H32O4Si/c1-5-6-12-20-15-10-16-21(19-13-8-7-9-14-19)22(20)26-17-11-18-27(23-2,24-3)25-4/h7-10,13-16H,5-6,11-12,17-18H2,1-4H3. The van der Waals surface area contributed by atoms with Crippen LogP contribution < -0.4 is 4.74 Å². The molecule has 5 heteroatoms. The van der Waals surface area contributed by atoms with Gasteiger partial charge in [-0.1, -0.05) is 61.9 Å². The molecular formula is C22H32O4Si. The van der Waals surface area contributed by atoms with Crippen molar-refractivity contribution in [3.05, 3.63) is 54.1 Å². The first-order valence-electron chi connectivity index (χ1n) is 9.65. The molecule has 0 saturated carbocycles. The zero-order valence-electron chi connectivity index (χ0n) is 17.0. The van der Waals surface area contributed by atoms with Crippen LogP contribution in [0, 0.1) is 0 Å². The van der Waals surface area contributed by atoms with E-state index in [1.807, 2.05) is 6.07 Å². The predicted molar refractivity (Wildman–Crippen MR) is 112 cm³/mol. The molecule has 148 valence electrons. The molecule has 0 unspecified atom stereocenters. The van der Waals surface area contributed by atoms with Gasteiger partial charge in [0.25, 0.3) is 0 Å². The zero-order valence-corrected chi connectivity index (χ0v) is 18.0. The van der Waals surface area contributed by atoms with E-state index in [0.29, 0.717) is 6.61 Å². The molecule has 0 N–H and O–H groups in total. The van der Waals surface area contributed by atoms with Crippen molar-refractivity contribution in [2.45, 2.75) is 38.7 Å². The van der Waals surface area contributed by atoms with Crippen LogP contribution in [0.1, 0.15) is 31.7 Å². The Morgan fingerprint density at radius 1 is 0.815 bits per heavy atom. The van der Waals surface area contributed by atoms with E-state index in [1.165, 1.54) is 17.5 Å². The number of ether oxygens (including phenoxy) is 1. The SMILES string of the molecule is CCCCc1cccc(-c2ccccc2)c1OCCC[Si](OC)(OC)OC. The molecule has 0 heterocycles. The molecule has 0 aliphatic heterocycles. The monoisotopic (exact) mass is 388 g/mol. The minimum Gasteiger partial charge on any atom is -0.493 e. The van der Waals surface area contributed by atoms with Crippen LogP contribution in [-0.2, 0) is 19.7 Å². The normalized spacial score (nSPS) is 11.6. The third-order valence-corrected chi connectivity index (χ3v) is 7.62. The van der Waals surface area contributed by atoms with Gasteiger partial charge in [0.05, 0.1) is 6.61 Å². The summed E-state index contributed by atoms with van der Waals surface area (Å²) in [4.78, 5) is 0. The topological polar surface area (TPSA) is 36.9 Å². The summed E-state index contributed by atoms with van der Waals surface area (Å²) in [7, 11) is 2.39. The van der Waals surface area contributed by atoms with Crippen LogP contribution in [0.2, 0.25) is 6.04 Å². The molecule has 0 saturated heterocycles. The first-order chi connectivity index (χ1) is 13.2. The summed E-state index contributed by atoms with van der Waals surface area (Å²) in [5.41, 5.74) is 3.60. The Balaban J connectivity index is 2.15. The highest BCUT2D eigenvalue weighted by molar-refractivity contribution is 6.60. The largest absolute Gasteiger partial charge is 0.500 e. The Bertz CT molecular complexity index is 663. The van der Waals surface area contributed by atoms with Gasteiger partial charge in [0, 0.05) is 32.9 Å². The van der Waals surface area contributed by atoms with Crippen molar-refractivity contribution in [1.82, 2.24) is 0 Å². The van der Waals surface area contributed by atoms with Crippen molar-refractivity contribution in [3.63, 3.8) is 0 Å². The number of hydrogen-bond acceptors (Lipinski definition) is 4. The van der Waals surface area contributed by atoms with E-state index in [4.69, 9.17) is 18.0 Å². The quantitative estimate of drug-likeness (QED) is 0.363. The second kappa shape index (κ2) is 11.2. The lowest BCUT2D eigenvalue weighted by atomic mass is 9.98. The zero-order chi connectivity index (χ0) is 19.5. The number of aryl methyl sites for hydroxylation is 1. The molecule has 0 amide bonds. The van der Waals surface area contributed by atoms with E-state index in [9.17, 15) is 0 Å². The van der Waals surface area contributed by atoms with Crippen LogP contribution in [-0.4, -0.2) is 36.7 Å². The fraction of sp³-hybridized carbons (Fsp3) is 0.455. The Kier molecular flexibility index (Phi) is 9.01. The van der Waals surface area contributed by atoms with Gasteiger partial charge in [-0.2, -0.15) is 0 Å². The molecule has 0 bridgehead atoms. The second-order valence-electron chi connectivity index (χ2n) is 6.51. The first kappa shape index (κ1) is 21.6. The molecule has 27 heavy (non-hydrogen) atoms. The molecule has 0 aromatic heterocycles. The Labute approximate surface area is 164 Å². The van der Waals surface area contributed by atoms with Crippen molar-refractivity contribution in [2.24, 2.45) is 0 Å². The second-order valence-corrected chi connectivity index (χ2v) is 9.60. The number of hydrogen-bond donors (Lipinski definition) is 0. The lowest BCUT2D eigenvalue weighted by Crippen LogP contribution is -2.42. The van der Waals surface area contributed by atoms with Gasteiger partial charge in [-0.3, -0.25) is 0 Å². The van der Waals surface area contributed by atoms with Gasteiger partial charge in [-0.15, -0.1) is 0 Å². The molecular weight excluding hydrogens is 356 g/mol. The van der Waals surface area contributed by atoms with Crippen molar-refractivity contribution < 1.29 is 18.0 Å². The average Bonchev–Trinajstić information content (AvgIpc) is 2.74. The van der Waals surface area contributed by atoms with Crippen LogP contribution in [0.25, 0.3) is 11.1 Å². The Morgan fingerprint density at radius 2 is 1.52 bits per heavy atom. The molecule has 0 fully saturated rings. The maximum Gasteiger partial charge on any atom is 0.500 e. The summed E-state index contributed by atoms with van der Waals surface area (Å²) in [6.45, 7) is 2.82. The third kappa shape index (κ3) is 5.91. The average molecular weight is 389 g/mol. The van der Waals surface area contributed by atoms with Crippen LogP contribution >= 0.6 is 0 Å². The number of para-hydroxylation sites is 1. The van der Waals surface area contributed by atoms with Crippen molar-refractivity contribution in [1.29, 1.82) is 0 Å². The van der Waals surface area contributed by atoms with E-state index in [1.54, 1.807) is 21.3 Å². The molecule has 2 rings (SSSR count). The van der Waals surface area contributed by atoms with Crippen LogP contribution in [0.5, 0.6) is 5.75 Å². The molecule has 0 atom stereocenters. The summed E-state index contributed by atoms with van der Waals surface area (Å²) in [5, 5.41) is 0. The first-order valence-corrected chi connectivity index (χ1v) is 11.6. The fourth-order valence-corrected chi connectivity index (χ4v) is 4.87. The maximum absolute atomic E-state index is 6.30. The van der Waals surface area contributed by atoms with Crippen molar-refractivity contribution in [2.75, 3.05) is 27.9 Å². The van der Waals surface area contributed by atoms with E-state index < -0.39 is 8.80 Å². The molecule has 0 spiro atoms. The van der Waals surface area contributed by atoms with Gasteiger partial charge >= 0.3 is 8.80 Å². The van der Waals surface area contributed by atoms with Crippen molar-refractivity contribution in [3.8, 4) is 16.9 Å². The highest BCUT2D eigenvalue weighted by Gasteiger charge is 2.37. The van der Waals surface area contributed by atoms with Gasteiger partial charge in [0.2, 0.25) is 0 Å². The van der Waals surface area contributed by atoms with E-state index in [0.717, 1.165) is 36.6 Å². The highest BCUT2D eigenvalue weighted by atomic mass is 28.4. The molecule has 2 aromatic carbocycles. The van der Waals surface area contributed by atoms with E-state index >= 15 is 0 Å². The lowest BCUT2D eigenvalue weighted by molar-refractivity contribution is 0.121. The molecule has 0 aliphatic carbocycles. The maximum atomic E-state index is 6.30. The summed E-state index contributed by atoms with van der Waals surface area (Å²) < 4.78 is 22.8. The number of rotatable bonds is 12. The Morgan fingerprint density at radius 3 is 2.15 bits per heavy atom. The van der Waals surface area contributed by atoms with Gasteiger partial charge in [-0.25, -0.2) is 0 Å². The van der Waals surface area contributed by atoms with Crippen LogP contribution in [0.15, 0.2) is 48.5 Å². The number of benzene rings is 2. The fourth-order valence-electron chi connectivity index (χ4n) is 3.18. The lowest BCUT2D eigenvalue weighted by Gasteiger charge is -2.24. The Hall–Kier alpha value is -1.66. The van der Waals surface area contributed by atoms with Gasteiger partial charge in [0.1, 0.15) is 5.75 Å². The van der Waals surface area contributed by atoms with Crippen molar-refractivity contribution >= 4 is 8.80 Å². The molecule has 2 aromatic rings. The smallest absolute Gasteiger partial charge is 0.493 e. The van der Waals surface area contributed by atoms with Gasteiger partial charge in [-0.05, 0) is 30.4 Å². The molecule has 0 aliphatic rings. The van der Waals surface area contributed by atoms with E-state index in [-0.39, 0.29) is 0 Å². The van der Waals surface area contributed by atoms with Crippen LogP contribution in [0.3, 0.4) is 0 Å². The molecule has 0 radical (unpaired) electrons. The minimum atomic E-state index is -2.55. The van der Waals surface area contributed by atoms with Gasteiger partial charge < -0.3 is 18.0 Å². The summed E-state index contributed by atoms with van der Waals surface area (Å²) in [5.74, 6) is 0.997. The minimum absolute atomic E-state index is 0.605. The predicted octanol–water partition coefficient (Wildman–Crippen LogP) is 5.34. The summed E-state index contributed by atoms with van der Waals surface area (Å²) >= 11 is 0. The third-order valence-electron chi connectivity index (χ3n) is 4.79. The summed E-state index contributed by atoms with van der Waals surface area (Å²) in [6.07, 6.45) is 4.16. The highest BCUT2D eigenvalue weighted by Crippen LogP contribution is 2.34. The van der Waals surface area contributed by atoms with Crippen LogP contribution in [0.4, 0.5) is 0 Å².